The maximum atomic E-state index is 12.5. The predicted molar refractivity (Wildman–Crippen MR) is 231 cm³/mol. The van der Waals surface area contributed by atoms with E-state index >= 15 is 0 Å². The van der Waals surface area contributed by atoms with Gasteiger partial charge in [0.2, 0.25) is 0 Å². The Morgan fingerprint density at radius 2 is 0.623 bits per heavy atom. The zero-order valence-corrected chi connectivity index (χ0v) is 43.4. The minimum atomic E-state index is -4.87. The van der Waals surface area contributed by atoms with Crippen LogP contribution in [0.4, 0.5) is 0 Å². The Morgan fingerprint density at radius 3 is 0.787 bits per heavy atom. The molecule has 0 bridgehead atoms. The molecule has 0 amide bonds. The Kier molecular flexibility index (Phi) is 29.6. The van der Waals surface area contributed by atoms with Gasteiger partial charge in [0.1, 0.15) is 20.2 Å². The summed E-state index contributed by atoms with van der Waals surface area (Å²) in [6.07, 6.45) is 13.0. The molecule has 0 fully saturated rings. The molecule has 0 aliphatic rings. The first kappa shape index (κ1) is 58.7. The Balaban J connectivity index is 0.00000116. The van der Waals surface area contributed by atoms with Crippen LogP contribution in [-0.4, -0.2) is 123 Å². The number of unbranched alkanes of at least 4 members (excludes halogenated alkanes) is 8. The summed E-state index contributed by atoms with van der Waals surface area (Å²) in [6, 6.07) is 6.15. The van der Waals surface area contributed by atoms with Crippen LogP contribution >= 0.6 is 0 Å². The van der Waals surface area contributed by atoms with Crippen LogP contribution in [0.25, 0.3) is 0 Å². The Bertz CT molecular complexity index is 1650. The van der Waals surface area contributed by atoms with Gasteiger partial charge in [-0.3, -0.25) is 0 Å². The van der Waals surface area contributed by atoms with E-state index in [4.69, 9.17) is 18.9 Å². The summed E-state index contributed by atoms with van der Waals surface area (Å²) in [7, 11) is -9.74. The van der Waals surface area contributed by atoms with Crippen molar-refractivity contribution >= 4 is 93.0 Å². The third kappa shape index (κ3) is 24.4. The number of carbonyl (C=O) groups is 4. The first-order chi connectivity index (χ1) is 28.2. The van der Waals surface area contributed by atoms with Gasteiger partial charge in [-0.2, -0.15) is 0 Å². The summed E-state index contributed by atoms with van der Waals surface area (Å²) in [5, 5.41) is 0. The van der Waals surface area contributed by atoms with E-state index < -0.39 is 53.9 Å². The standard InChI is InChI=1S/2C22H34O7S.Ba/c2*1-5-7-9-11-16(3)28-21(23)18-13-19(15-20(14-18)30(25,26)27)22(24)29-17(4)12-10-8-6-2;/h2*13-17H,5-12H2,1-4H3,(H,25,26,27);/q;;+2/p-2. The molecule has 0 N–H and O–H groups in total. The van der Waals surface area contributed by atoms with Crippen molar-refractivity contribution in [3.63, 3.8) is 0 Å². The zero-order valence-electron chi connectivity index (χ0n) is 37.3. The molecule has 17 heteroatoms. The number of carbonyl (C=O) groups excluding carboxylic acids is 4. The first-order valence-electron chi connectivity index (χ1n) is 21.2. The SMILES string of the molecule is CCCCCC(C)OC(=O)c1cc(C(=O)OC(C)CCCCC)cc(S(=O)(=O)[O-])c1.CCCCCC(C)OC(=O)c1cc(C(=O)OC(C)CCCCC)cc(S(=O)(=O)[O-])c1.[Ba+2]. The van der Waals surface area contributed by atoms with Crippen molar-refractivity contribution in [3.05, 3.63) is 58.7 Å². The number of rotatable bonds is 26. The molecule has 0 aromatic heterocycles. The summed E-state index contributed by atoms with van der Waals surface area (Å²) in [6.45, 7) is 15.2. The fourth-order valence-corrected chi connectivity index (χ4v) is 7.01. The molecule has 0 aliphatic carbocycles. The minimum Gasteiger partial charge on any atom is -0.744 e. The zero-order chi connectivity index (χ0) is 45.5. The van der Waals surface area contributed by atoms with Crippen molar-refractivity contribution in [2.75, 3.05) is 0 Å². The third-order valence-electron chi connectivity index (χ3n) is 9.42. The largest absolute Gasteiger partial charge is 2.00 e. The first-order valence-corrected chi connectivity index (χ1v) is 24.0. The average molecular weight is 1020 g/mol. The van der Waals surface area contributed by atoms with E-state index in [0.29, 0.717) is 25.7 Å². The summed E-state index contributed by atoms with van der Waals surface area (Å²) >= 11 is 0. The topological polar surface area (TPSA) is 220 Å². The van der Waals surface area contributed by atoms with Crippen LogP contribution in [0, 0.1) is 0 Å². The van der Waals surface area contributed by atoms with Gasteiger partial charge in [-0.1, -0.05) is 79.1 Å². The summed E-state index contributed by atoms with van der Waals surface area (Å²) in [4.78, 5) is 48.5. The molecule has 0 spiro atoms. The Hall–Kier alpha value is -2.29. The summed E-state index contributed by atoms with van der Waals surface area (Å²) < 4.78 is 90.5. The van der Waals surface area contributed by atoms with Gasteiger partial charge in [0.05, 0.1) is 56.5 Å². The van der Waals surface area contributed by atoms with Crippen molar-refractivity contribution in [2.45, 2.75) is 192 Å². The quantitative estimate of drug-likeness (QED) is 0.0282. The molecule has 61 heavy (non-hydrogen) atoms. The van der Waals surface area contributed by atoms with Crippen LogP contribution in [0.2, 0.25) is 0 Å². The van der Waals surface area contributed by atoms with Gasteiger partial charge in [-0.05, 0) is 115 Å². The van der Waals surface area contributed by atoms with E-state index in [1.807, 2.05) is 0 Å². The third-order valence-corrected chi connectivity index (χ3v) is 11.0. The molecular formula is C44H66BaO14S2. The van der Waals surface area contributed by atoms with E-state index in [1.54, 1.807) is 27.7 Å². The van der Waals surface area contributed by atoms with Crippen molar-refractivity contribution in [1.29, 1.82) is 0 Å². The van der Waals surface area contributed by atoms with Gasteiger partial charge >= 0.3 is 72.8 Å². The fraction of sp³-hybridized carbons (Fsp3) is 0.636. The van der Waals surface area contributed by atoms with Crippen LogP contribution < -0.4 is 0 Å². The van der Waals surface area contributed by atoms with Gasteiger partial charge in [-0.15, -0.1) is 0 Å². The molecule has 0 saturated carbocycles. The maximum Gasteiger partial charge on any atom is 2.00 e. The van der Waals surface area contributed by atoms with Gasteiger partial charge in [-0.25, -0.2) is 36.0 Å². The molecule has 0 radical (unpaired) electrons. The van der Waals surface area contributed by atoms with E-state index in [0.717, 1.165) is 101 Å². The maximum absolute atomic E-state index is 12.5. The van der Waals surface area contributed by atoms with Crippen molar-refractivity contribution < 1.29 is 64.1 Å². The van der Waals surface area contributed by atoms with Crippen molar-refractivity contribution in [2.24, 2.45) is 0 Å². The number of ether oxygens (including phenoxy) is 4. The van der Waals surface area contributed by atoms with Crippen LogP contribution in [0.5, 0.6) is 0 Å². The molecule has 4 atom stereocenters. The molecule has 0 aliphatic heterocycles. The number of hydrogen-bond acceptors (Lipinski definition) is 14. The molecule has 0 heterocycles. The van der Waals surface area contributed by atoms with Gasteiger partial charge < -0.3 is 28.1 Å². The summed E-state index contributed by atoms with van der Waals surface area (Å²) in [5.74, 6) is -3.13. The Labute approximate surface area is 404 Å². The molecule has 340 valence electrons. The average Bonchev–Trinajstić information content (AvgIpc) is 3.17. The minimum absolute atomic E-state index is 0. The van der Waals surface area contributed by atoms with E-state index in [9.17, 15) is 45.1 Å². The molecule has 2 rings (SSSR count). The van der Waals surface area contributed by atoms with E-state index in [2.05, 4.69) is 27.7 Å². The normalized spacial score (nSPS) is 13.3. The number of esters is 4. The fourth-order valence-electron chi connectivity index (χ4n) is 5.92. The Morgan fingerprint density at radius 1 is 0.426 bits per heavy atom. The number of hydrogen-bond donors (Lipinski definition) is 0. The predicted octanol–water partition coefficient (Wildman–Crippen LogP) is 9.30. The van der Waals surface area contributed by atoms with Crippen LogP contribution in [0.15, 0.2) is 46.2 Å². The van der Waals surface area contributed by atoms with Crippen LogP contribution in [0.1, 0.15) is 200 Å². The second-order valence-electron chi connectivity index (χ2n) is 15.2. The number of benzene rings is 2. The van der Waals surface area contributed by atoms with Gasteiger partial charge in [0.25, 0.3) is 0 Å². The van der Waals surface area contributed by atoms with Gasteiger partial charge in [0, 0.05) is 0 Å². The molecule has 2 aromatic carbocycles. The molecule has 14 nitrogen and oxygen atoms in total. The van der Waals surface area contributed by atoms with Crippen molar-refractivity contribution in [3.8, 4) is 0 Å². The molecule has 4 unspecified atom stereocenters. The second kappa shape index (κ2) is 30.7. The van der Waals surface area contributed by atoms with Crippen LogP contribution in [0.3, 0.4) is 0 Å². The van der Waals surface area contributed by atoms with Crippen LogP contribution in [-0.2, 0) is 39.2 Å². The molecule has 0 saturated heterocycles. The smallest absolute Gasteiger partial charge is 0.744 e. The van der Waals surface area contributed by atoms with Gasteiger partial charge in [0.15, 0.2) is 0 Å². The molecular weight excluding hydrogens is 954 g/mol. The summed E-state index contributed by atoms with van der Waals surface area (Å²) in [5.41, 5.74) is -0.667. The second-order valence-corrected chi connectivity index (χ2v) is 18.0. The van der Waals surface area contributed by atoms with Crippen molar-refractivity contribution in [1.82, 2.24) is 0 Å². The van der Waals surface area contributed by atoms with E-state index in [-0.39, 0.29) is 95.6 Å². The van der Waals surface area contributed by atoms with E-state index in [1.165, 1.54) is 12.1 Å². The monoisotopic (exact) mass is 1020 g/mol. The molecule has 2 aromatic rings.